The molecule has 170 valence electrons. The van der Waals surface area contributed by atoms with Crippen molar-refractivity contribution in [1.29, 1.82) is 0 Å². The number of nitrogens with zero attached hydrogens (tertiary/aromatic N) is 2. The highest BCUT2D eigenvalue weighted by Gasteiger charge is 2.54. The zero-order valence-corrected chi connectivity index (χ0v) is 18.2. The molecule has 2 amide bonds. The highest BCUT2D eigenvalue weighted by atomic mass is 32.2. The Morgan fingerprint density at radius 1 is 1.38 bits per heavy atom. The summed E-state index contributed by atoms with van der Waals surface area (Å²) < 4.78 is 4.87. The van der Waals surface area contributed by atoms with Gasteiger partial charge in [0.25, 0.3) is 11.8 Å². The van der Waals surface area contributed by atoms with Gasteiger partial charge in [0.2, 0.25) is 0 Å². The molecule has 12 nitrogen and oxygen atoms in total. The molecule has 2 aliphatic rings. The van der Waals surface area contributed by atoms with Crippen molar-refractivity contribution in [1.82, 2.24) is 15.2 Å². The number of aliphatic carboxylic acids is 2. The highest BCUT2D eigenvalue weighted by molar-refractivity contribution is 8.00. The third-order valence-electron chi connectivity index (χ3n) is 4.51. The first kappa shape index (κ1) is 23.3. The van der Waals surface area contributed by atoms with Crippen molar-refractivity contribution in [3.63, 3.8) is 0 Å². The number of amides is 2. The number of thioether (sulfide) groups is 1. The summed E-state index contributed by atoms with van der Waals surface area (Å²) in [6.07, 6.45) is 0.718. The molecule has 32 heavy (non-hydrogen) atoms. The second-order valence-corrected chi connectivity index (χ2v) is 8.68. The summed E-state index contributed by atoms with van der Waals surface area (Å²) in [7, 11) is 0. The van der Waals surface area contributed by atoms with Crippen LogP contribution in [0.3, 0.4) is 0 Å². The van der Waals surface area contributed by atoms with Crippen LogP contribution in [0.15, 0.2) is 22.7 Å². The van der Waals surface area contributed by atoms with E-state index < -0.39 is 47.6 Å². The fraction of sp³-hybridized carbons (Fsp3) is 0.333. The van der Waals surface area contributed by atoms with Crippen molar-refractivity contribution in [2.24, 2.45) is 0 Å². The number of nitrogens with two attached hydrogens (primary N) is 1. The molecular weight excluding hydrogens is 464 g/mol. The number of carboxylic acid groups (broad SMARTS) is 2. The number of ether oxygens (including phenoxy) is 1. The van der Waals surface area contributed by atoms with E-state index in [-0.39, 0.29) is 40.0 Å². The average Bonchev–Trinajstić information content (AvgIpc) is 3.15. The molecule has 0 aromatic carbocycles. The molecule has 1 aromatic rings. The van der Waals surface area contributed by atoms with Crippen LogP contribution >= 0.6 is 23.1 Å². The molecule has 0 bridgehead atoms. The minimum atomic E-state index is -1.35. The molecule has 0 radical (unpaired) electrons. The Morgan fingerprint density at radius 2 is 2.09 bits per heavy atom. The number of hydrogen-bond donors (Lipinski definition) is 4. The molecule has 1 aromatic heterocycles. The van der Waals surface area contributed by atoms with Crippen LogP contribution in [0, 0.1) is 0 Å². The van der Waals surface area contributed by atoms with E-state index in [1.807, 2.05) is 0 Å². The number of nitrogen functional groups attached to an aromatic ring is 1. The van der Waals surface area contributed by atoms with Gasteiger partial charge in [0.1, 0.15) is 23.7 Å². The van der Waals surface area contributed by atoms with Crippen molar-refractivity contribution >= 4 is 63.5 Å². The first-order valence-electron chi connectivity index (χ1n) is 9.07. The molecule has 0 aliphatic carbocycles. The van der Waals surface area contributed by atoms with Crippen LogP contribution in [-0.4, -0.2) is 73.6 Å². The largest absolute Gasteiger partial charge is 0.481 e. The Balaban J connectivity index is 1.79. The van der Waals surface area contributed by atoms with E-state index in [9.17, 15) is 29.1 Å². The van der Waals surface area contributed by atoms with Crippen LogP contribution < -0.4 is 11.1 Å². The molecule has 3 rings (SSSR count). The summed E-state index contributed by atoms with van der Waals surface area (Å²) in [6.45, 7) is 0.927. The van der Waals surface area contributed by atoms with Gasteiger partial charge < -0.3 is 26.0 Å². The molecule has 1 saturated heterocycles. The van der Waals surface area contributed by atoms with Gasteiger partial charge in [-0.2, -0.15) is 0 Å². The fourth-order valence-electron chi connectivity index (χ4n) is 3.12. The van der Waals surface area contributed by atoms with Crippen molar-refractivity contribution in [3.8, 4) is 0 Å². The van der Waals surface area contributed by atoms with Gasteiger partial charge in [0, 0.05) is 23.6 Å². The second kappa shape index (κ2) is 9.40. The van der Waals surface area contributed by atoms with E-state index in [1.165, 1.54) is 30.1 Å². The number of hydrogen-bond acceptors (Lipinski definition) is 10. The zero-order chi connectivity index (χ0) is 23.6. The maximum Gasteiger partial charge on any atom is 0.352 e. The van der Waals surface area contributed by atoms with Gasteiger partial charge in [-0.15, -0.1) is 23.1 Å². The monoisotopic (exact) mass is 482 g/mol. The first-order chi connectivity index (χ1) is 15.1. The van der Waals surface area contributed by atoms with Gasteiger partial charge in [0.15, 0.2) is 5.13 Å². The molecule has 2 atom stereocenters. The van der Waals surface area contributed by atoms with Gasteiger partial charge in [-0.3, -0.25) is 24.1 Å². The van der Waals surface area contributed by atoms with E-state index in [0.29, 0.717) is 0 Å². The number of nitrogens with one attached hydrogen (secondary N) is 1. The first-order valence-corrected chi connectivity index (χ1v) is 11.0. The van der Waals surface area contributed by atoms with Crippen molar-refractivity contribution in [3.05, 3.63) is 28.4 Å². The number of β-lactam (4-membered cyclic amide) rings is 1. The highest BCUT2D eigenvalue weighted by Crippen LogP contribution is 2.40. The lowest BCUT2D eigenvalue weighted by atomic mass is 10.0. The van der Waals surface area contributed by atoms with Gasteiger partial charge in [0.05, 0.1) is 17.7 Å². The van der Waals surface area contributed by atoms with Crippen molar-refractivity contribution < 1.29 is 38.9 Å². The number of anilines is 1. The molecule has 2 aliphatic heterocycles. The summed E-state index contributed by atoms with van der Waals surface area (Å²) in [5.41, 5.74) is 5.70. The number of esters is 1. The summed E-state index contributed by atoms with van der Waals surface area (Å²) in [5, 5.41) is 22.0. The topological polar surface area (TPSA) is 189 Å². The number of thiazole rings is 1. The molecule has 14 heteroatoms. The summed E-state index contributed by atoms with van der Waals surface area (Å²) in [4.78, 5) is 64.3. The zero-order valence-electron chi connectivity index (χ0n) is 16.6. The number of carbonyl (C=O) groups excluding carboxylic acids is 3. The number of carbonyl (C=O) groups is 5. The van der Waals surface area contributed by atoms with E-state index in [0.717, 1.165) is 16.2 Å². The summed E-state index contributed by atoms with van der Waals surface area (Å²) in [6, 6.07) is -1.03. The molecule has 0 unspecified atom stereocenters. The number of rotatable bonds is 8. The van der Waals surface area contributed by atoms with Crippen LogP contribution in [0.4, 0.5) is 5.13 Å². The average molecular weight is 482 g/mol. The smallest absolute Gasteiger partial charge is 0.352 e. The molecule has 5 N–H and O–H groups in total. The normalized spacial score (nSPS) is 20.3. The predicted molar refractivity (Wildman–Crippen MR) is 113 cm³/mol. The number of aromatic nitrogens is 1. The predicted octanol–water partition coefficient (Wildman–Crippen LogP) is -0.115. The Morgan fingerprint density at radius 3 is 2.66 bits per heavy atom. The minimum absolute atomic E-state index is 0.0584. The van der Waals surface area contributed by atoms with Gasteiger partial charge in [-0.1, -0.05) is 6.08 Å². The van der Waals surface area contributed by atoms with Crippen LogP contribution in [-0.2, 0) is 28.7 Å². The number of fused-ring (bicyclic) bond motifs is 1. The molecular formula is C18H18N4O8S2. The third kappa shape index (κ3) is 4.75. The van der Waals surface area contributed by atoms with Gasteiger partial charge in [-0.05, 0) is 0 Å². The maximum absolute atomic E-state index is 12.8. The standard InChI is InChI=1S/C18H18N4O8S2/c1-7(23)30-4-8-5-31-16-12(15(27)22(16)13(8)17(28)29)21-14(26)9(2-3-11(24)25)10-6-32-18(19)20-10/h2,6,12,16H,3-5H2,1H3,(H2,19,20)(H,21,26)(H,24,25)(H,28,29)/t12-,16-/m1/s1. The lowest BCUT2D eigenvalue weighted by molar-refractivity contribution is -0.150. The van der Waals surface area contributed by atoms with Crippen LogP contribution in [0.5, 0.6) is 0 Å². The van der Waals surface area contributed by atoms with Crippen LogP contribution in [0.1, 0.15) is 19.0 Å². The minimum Gasteiger partial charge on any atom is -0.481 e. The summed E-state index contributed by atoms with van der Waals surface area (Å²) in [5.74, 6) is -4.30. The second-order valence-electron chi connectivity index (χ2n) is 6.69. The molecule has 3 heterocycles. The quantitative estimate of drug-likeness (QED) is 0.220. The Kier molecular flexibility index (Phi) is 6.84. The molecule has 1 fully saturated rings. The SMILES string of the molecule is CC(=O)OCC1=C(C(=O)O)N2C(=O)[C@@H](NC(=O)C(=CCC(=O)O)c3csc(N)n3)[C@H]2SC1. The van der Waals surface area contributed by atoms with Crippen LogP contribution in [0.2, 0.25) is 0 Å². The van der Waals surface area contributed by atoms with Gasteiger partial charge >= 0.3 is 17.9 Å². The van der Waals surface area contributed by atoms with E-state index in [2.05, 4.69) is 10.3 Å². The lowest BCUT2D eigenvalue weighted by Gasteiger charge is -2.49. The van der Waals surface area contributed by atoms with E-state index >= 15 is 0 Å². The van der Waals surface area contributed by atoms with Gasteiger partial charge in [-0.25, -0.2) is 9.78 Å². The van der Waals surface area contributed by atoms with Crippen LogP contribution in [0.25, 0.3) is 5.57 Å². The van der Waals surface area contributed by atoms with Crippen molar-refractivity contribution in [2.75, 3.05) is 18.1 Å². The molecule has 0 saturated carbocycles. The Hall–Kier alpha value is -3.39. The molecule has 0 spiro atoms. The third-order valence-corrected chi connectivity index (χ3v) is 6.52. The van der Waals surface area contributed by atoms with Crippen molar-refractivity contribution in [2.45, 2.75) is 24.8 Å². The summed E-state index contributed by atoms with van der Waals surface area (Å²) >= 11 is 2.27. The lowest BCUT2D eigenvalue weighted by Crippen LogP contribution is -2.70. The Labute approximate surface area is 189 Å². The van der Waals surface area contributed by atoms with E-state index in [4.69, 9.17) is 15.6 Å². The Bertz CT molecular complexity index is 1060. The number of carboxylic acids is 2. The van der Waals surface area contributed by atoms with E-state index in [1.54, 1.807) is 0 Å². The maximum atomic E-state index is 12.8. The fourth-order valence-corrected chi connectivity index (χ4v) is 5.01.